The molecular weight excluding hydrogens is 218 g/mol. The molecule has 1 rings (SSSR count). The zero-order valence-electron chi connectivity index (χ0n) is 11.1. The molecule has 0 radical (unpaired) electrons. The minimum Gasteiger partial charge on any atom is -0.382 e. The van der Waals surface area contributed by atoms with Crippen LogP contribution in [0.5, 0.6) is 0 Å². The summed E-state index contributed by atoms with van der Waals surface area (Å²) in [6, 6.07) is 0.771. The Morgan fingerprint density at radius 3 is 2.29 bits per heavy atom. The summed E-state index contributed by atoms with van der Waals surface area (Å²) in [5.41, 5.74) is 0. The van der Waals surface area contributed by atoms with E-state index in [1.807, 2.05) is 0 Å². The first-order valence-corrected chi connectivity index (χ1v) is 6.81. The summed E-state index contributed by atoms with van der Waals surface area (Å²) in [5.74, 6) is 0. The van der Waals surface area contributed by atoms with Crippen LogP contribution in [0.15, 0.2) is 0 Å². The van der Waals surface area contributed by atoms with Crippen molar-refractivity contribution in [2.75, 3.05) is 46.7 Å². The van der Waals surface area contributed by atoms with Crippen molar-refractivity contribution in [1.29, 1.82) is 0 Å². The van der Waals surface area contributed by atoms with Crippen molar-refractivity contribution < 1.29 is 14.2 Å². The topological polar surface area (TPSA) is 39.7 Å². The SMILES string of the molecule is COCCOCCOCCCNC1CCCC1. The number of methoxy groups -OCH3 is 1. The summed E-state index contributed by atoms with van der Waals surface area (Å²) < 4.78 is 15.6. The highest BCUT2D eigenvalue weighted by Crippen LogP contribution is 2.17. The third-order valence-electron chi connectivity index (χ3n) is 3.06. The molecule has 0 unspecified atom stereocenters. The Hall–Kier alpha value is -0.160. The standard InChI is InChI=1S/C13H27NO3/c1-15-9-10-17-12-11-16-8-4-7-14-13-5-2-3-6-13/h13-14H,2-12H2,1H3. The van der Waals surface area contributed by atoms with E-state index in [2.05, 4.69) is 5.32 Å². The molecule has 0 spiro atoms. The molecule has 1 aliphatic carbocycles. The zero-order chi connectivity index (χ0) is 12.2. The average Bonchev–Trinajstić information content (AvgIpc) is 2.85. The van der Waals surface area contributed by atoms with E-state index >= 15 is 0 Å². The van der Waals surface area contributed by atoms with E-state index in [0.717, 1.165) is 25.6 Å². The van der Waals surface area contributed by atoms with Crippen LogP contribution in [0.3, 0.4) is 0 Å². The molecule has 1 aliphatic rings. The molecule has 1 saturated carbocycles. The summed E-state index contributed by atoms with van der Waals surface area (Å²) in [6.45, 7) is 4.57. The summed E-state index contributed by atoms with van der Waals surface area (Å²) in [4.78, 5) is 0. The Morgan fingerprint density at radius 2 is 1.59 bits per heavy atom. The third-order valence-corrected chi connectivity index (χ3v) is 3.06. The van der Waals surface area contributed by atoms with Crippen molar-refractivity contribution in [3.63, 3.8) is 0 Å². The lowest BCUT2D eigenvalue weighted by atomic mass is 10.2. The van der Waals surface area contributed by atoms with Gasteiger partial charge in [-0.05, 0) is 25.8 Å². The third kappa shape index (κ3) is 8.55. The Labute approximate surface area is 105 Å². The Bertz CT molecular complexity index is 161. The zero-order valence-corrected chi connectivity index (χ0v) is 11.1. The summed E-state index contributed by atoms with van der Waals surface area (Å²) >= 11 is 0. The molecule has 102 valence electrons. The van der Waals surface area contributed by atoms with Crippen molar-refractivity contribution in [2.24, 2.45) is 0 Å². The first kappa shape index (κ1) is 14.9. The molecule has 1 N–H and O–H groups in total. The van der Waals surface area contributed by atoms with Crippen LogP contribution in [-0.4, -0.2) is 52.7 Å². The predicted molar refractivity (Wildman–Crippen MR) is 68.4 cm³/mol. The maximum atomic E-state index is 5.47. The molecule has 0 saturated heterocycles. The van der Waals surface area contributed by atoms with E-state index in [-0.39, 0.29) is 0 Å². The fraction of sp³-hybridized carbons (Fsp3) is 1.00. The molecule has 1 fully saturated rings. The van der Waals surface area contributed by atoms with Gasteiger partial charge in [-0.1, -0.05) is 12.8 Å². The first-order valence-electron chi connectivity index (χ1n) is 6.81. The quantitative estimate of drug-likeness (QED) is 0.561. The number of nitrogens with one attached hydrogen (secondary N) is 1. The molecule has 0 aromatic rings. The van der Waals surface area contributed by atoms with Crippen molar-refractivity contribution in [3.8, 4) is 0 Å². The minimum absolute atomic E-state index is 0.656. The van der Waals surface area contributed by atoms with E-state index in [9.17, 15) is 0 Å². The molecule has 17 heavy (non-hydrogen) atoms. The molecule has 0 aliphatic heterocycles. The van der Waals surface area contributed by atoms with Gasteiger partial charge in [0.05, 0.1) is 26.4 Å². The van der Waals surface area contributed by atoms with Gasteiger partial charge in [0.15, 0.2) is 0 Å². The number of ether oxygens (including phenoxy) is 3. The Morgan fingerprint density at radius 1 is 0.941 bits per heavy atom. The number of rotatable bonds is 11. The van der Waals surface area contributed by atoms with E-state index in [1.165, 1.54) is 25.7 Å². The van der Waals surface area contributed by atoms with Gasteiger partial charge in [0.1, 0.15) is 0 Å². The van der Waals surface area contributed by atoms with E-state index in [4.69, 9.17) is 14.2 Å². The molecule has 0 atom stereocenters. The lowest BCUT2D eigenvalue weighted by Crippen LogP contribution is -2.27. The monoisotopic (exact) mass is 245 g/mol. The van der Waals surface area contributed by atoms with Crippen molar-refractivity contribution in [1.82, 2.24) is 5.32 Å². The molecule has 0 bridgehead atoms. The van der Waals surface area contributed by atoms with Crippen LogP contribution in [0.1, 0.15) is 32.1 Å². The average molecular weight is 245 g/mol. The maximum Gasteiger partial charge on any atom is 0.0701 e. The van der Waals surface area contributed by atoms with Gasteiger partial charge in [0, 0.05) is 19.8 Å². The largest absolute Gasteiger partial charge is 0.382 e. The second-order valence-corrected chi connectivity index (χ2v) is 4.51. The van der Waals surface area contributed by atoms with E-state index in [0.29, 0.717) is 26.4 Å². The van der Waals surface area contributed by atoms with Crippen LogP contribution in [0.2, 0.25) is 0 Å². The fourth-order valence-corrected chi connectivity index (χ4v) is 2.07. The molecule has 4 nitrogen and oxygen atoms in total. The summed E-state index contributed by atoms with van der Waals surface area (Å²) in [7, 11) is 1.68. The predicted octanol–water partition coefficient (Wildman–Crippen LogP) is 1.59. The second-order valence-electron chi connectivity index (χ2n) is 4.51. The molecule has 4 heteroatoms. The fourth-order valence-electron chi connectivity index (χ4n) is 2.07. The van der Waals surface area contributed by atoms with Crippen LogP contribution in [0.4, 0.5) is 0 Å². The minimum atomic E-state index is 0.656. The maximum absolute atomic E-state index is 5.47. The molecule has 0 heterocycles. The Balaban J connectivity index is 1.69. The summed E-state index contributed by atoms with van der Waals surface area (Å²) in [5, 5.41) is 3.57. The van der Waals surface area contributed by atoms with Crippen LogP contribution in [0.25, 0.3) is 0 Å². The first-order chi connectivity index (χ1) is 8.43. The van der Waals surface area contributed by atoms with E-state index in [1.54, 1.807) is 7.11 Å². The van der Waals surface area contributed by atoms with Crippen LogP contribution < -0.4 is 5.32 Å². The molecular formula is C13H27NO3. The van der Waals surface area contributed by atoms with Crippen molar-refractivity contribution in [2.45, 2.75) is 38.1 Å². The van der Waals surface area contributed by atoms with Crippen LogP contribution in [0, 0.1) is 0 Å². The second kappa shape index (κ2) is 11.0. The molecule has 0 amide bonds. The molecule has 0 aromatic carbocycles. The van der Waals surface area contributed by atoms with Crippen molar-refractivity contribution in [3.05, 3.63) is 0 Å². The van der Waals surface area contributed by atoms with Gasteiger partial charge in [0.2, 0.25) is 0 Å². The van der Waals surface area contributed by atoms with Crippen LogP contribution in [-0.2, 0) is 14.2 Å². The molecule has 0 aromatic heterocycles. The smallest absolute Gasteiger partial charge is 0.0701 e. The lowest BCUT2D eigenvalue weighted by Gasteiger charge is -2.11. The van der Waals surface area contributed by atoms with Gasteiger partial charge in [0.25, 0.3) is 0 Å². The highest BCUT2D eigenvalue weighted by molar-refractivity contribution is 4.72. The van der Waals surface area contributed by atoms with Crippen molar-refractivity contribution >= 4 is 0 Å². The highest BCUT2D eigenvalue weighted by atomic mass is 16.5. The lowest BCUT2D eigenvalue weighted by molar-refractivity contribution is 0.0243. The van der Waals surface area contributed by atoms with Gasteiger partial charge in [-0.15, -0.1) is 0 Å². The highest BCUT2D eigenvalue weighted by Gasteiger charge is 2.12. The van der Waals surface area contributed by atoms with E-state index < -0.39 is 0 Å². The van der Waals surface area contributed by atoms with Crippen LogP contribution >= 0.6 is 0 Å². The van der Waals surface area contributed by atoms with Gasteiger partial charge < -0.3 is 19.5 Å². The summed E-state index contributed by atoms with van der Waals surface area (Å²) in [6.07, 6.45) is 6.59. The Kier molecular flexibility index (Phi) is 9.61. The van der Waals surface area contributed by atoms with Gasteiger partial charge in [-0.3, -0.25) is 0 Å². The number of hydrogen-bond acceptors (Lipinski definition) is 4. The van der Waals surface area contributed by atoms with Gasteiger partial charge in [-0.25, -0.2) is 0 Å². The normalized spacial score (nSPS) is 16.8. The van der Waals surface area contributed by atoms with Gasteiger partial charge in [-0.2, -0.15) is 0 Å². The van der Waals surface area contributed by atoms with Gasteiger partial charge >= 0.3 is 0 Å². The number of hydrogen-bond donors (Lipinski definition) is 1.